The molecular weight excluding hydrogens is 246 g/mol. The van der Waals surface area contributed by atoms with Crippen molar-refractivity contribution in [2.45, 2.75) is 45.6 Å². The number of nitrogens with one attached hydrogen (secondary N) is 1. The number of ether oxygens (including phenoxy) is 1. The van der Waals surface area contributed by atoms with E-state index in [0.29, 0.717) is 6.42 Å². The van der Waals surface area contributed by atoms with E-state index in [9.17, 15) is 14.7 Å². The Hall–Kier alpha value is -1.10. The second-order valence-corrected chi connectivity index (χ2v) is 6.77. The lowest BCUT2D eigenvalue weighted by atomic mass is 9.50. The van der Waals surface area contributed by atoms with Crippen molar-refractivity contribution >= 4 is 11.9 Å². The van der Waals surface area contributed by atoms with Gasteiger partial charge in [0.1, 0.15) is 5.60 Å². The maximum absolute atomic E-state index is 12.3. The summed E-state index contributed by atoms with van der Waals surface area (Å²) < 4.78 is 5.43. The molecule has 2 fully saturated rings. The highest BCUT2D eigenvalue weighted by Gasteiger charge is 2.60. The minimum absolute atomic E-state index is 0.156. The van der Waals surface area contributed by atoms with E-state index in [4.69, 9.17) is 4.74 Å². The third-order valence-electron chi connectivity index (χ3n) is 4.27. The molecule has 2 aliphatic rings. The number of rotatable bonds is 2. The average Bonchev–Trinajstić information content (AvgIpc) is 2.24. The average molecular weight is 269 g/mol. The summed E-state index contributed by atoms with van der Waals surface area (Å²) in [5.41, 5.74) is -0.722. The van der Waals surface area contributed by atoms with E-state index in [1.165, 1.54) is 0 Å². The van der Waals surface area contributed by atoms with Crippen molar-refractivity contribution < 1.29 is 19.4 Å². The fourth-order valence-electron chi connectivity index (χ4n) is 3.40. The fourth-order valence-corrected chi connectivity index (χ4v) is 3.40. The molecule has 1 aliphatic heterocycles. The lowest BCUT2D eigenvalue weighted by Gasteiger charge is -2.54. The molecule has 1 saturated heterocycles. The van der Waals surface area contributed by atoms with Crippen LogP contribution in [0.5, 0.6) is 0 Å². The van der Waals surface area contributed by atoms with Crippen LogP contribution in [0.25, 0.3) is 0 Å². The van der Waals surface area contributed by atoms with Crippen LogP contribution in [0.1, 0.15) is 40.0 Å². The molecule has 5 nitrogen and oxygen atoms in total. The Morgan fingerprint density at radius 1 is 1.26 bits per heavy atom. The molecule has 0 amide bonds. The highest BCUT2D eigenvalue weighted by Crippen LogP contribution is 2.57. The predicted molar refractivity (Wildman–Crippen MR) is 69.6 cm³/mol. The van der Waals surface area contributed by atoms with Crippen molar-refractivity contribution in [3.05, 3.63) is 0 Å². The molecular formula is C14H23NO4. The van der Waals surface area contributed by atoms with Gasteiger partial charge in [-0.25, -0.2) is 0 Å². The quantitative estimate of drug-likeness (QED) is 0.741. The zero-order valence-corrected chi connectivity index (χ0v) is 11.9. The minimum atomic E-state index is -0.875. The largest absolute Gasteiger partial charge is 0.481 e. The molecule has 0 aromatic rings. The summed E-state index contributed by atoms with van der Waals surface area (Å²) in [6.45, 7) is 7.15. The van der Waals surface area contributed by atoms with Crippen LogP contribution in [0.2, 0.25) is 0 Å². The van der Waals surface area contributed by atoms with E-state index in [0.717, 1.165) is 25.9 Å². The van der Waals surface area contributed by atoms with Crippen molar-refractivity contribution in [1.29, 1.82) is 0 Å². The van der Waals surface area contributed by atoms with Gasteiger partial charge in [0.05, 0.1) is 11.8 Å². The van der Waals surface area contributed by atoms with Gasteiger partial charge in [0.25, 0.3) is 0 Å². The number of esters is 1. The highest BCUT2D eigenvalue weighted by atomic mass is 16.6. The Morgan fingerprint density at radius 2 is 1.84 bits per heavy atom. The fraction of sp³-hybridized carbons (Fsp3) is 0.857. The molecule has 0 bridgehead atoms. The van der Waals surface area contributed by atoms with Crippen molar-refractivity contribution in [3.8, 4) is 0 Å². The molecule has 1 aliphatic carbocycles. The molecule has 2 unspecified atom stereocenters. The van der Waals surface area contributed by atoms with E-state index in [-0.39, 0.29) is 11.4 Å². The Bertz CT molecular complexity index is 379. The standard InChI is InChI=1S/C14H23NO4/c1-13(2,3)19-12(18)10-9(11(16)17)8-14(10)4-6-15-7-5-14/h9-10,15H,4-8H2,1-3H3,(H,16,17). The van der Waals surface area contributed by atoms with Crippen molar-refractivity contribution in [2.24, 2.45) is 17.3 Å². The van der Waals surface area contributed by atoms with Crippen molar-refractivity contribution in [3.63, 3.8) is 0 Å². The van der Waals surface area contributed by atoms with Crippen LogP contribution >= 0.6 is 0 Å². The minimum Gasteiger partial charge on any atom is -0.481 e. The number of carbonyl (C=O) groups excluding carboxylic acids is 1. The van der Waals surface area contributed by atoms with Gasteiger partial charge in [0.2, 0.25) is 0 Å². The maximum atomic E-state index is 12.3. The van der Waals surface area contributed by atoms with Crippen LogP contribution < -0.4 is 5.32 Å². The zero-order valence-electron chi connectivity index (χ0n) is 11.9. The molecule has 108 valence electrons. The van der Waals surface area contributed by atoms with Gasteiger partial charge in [0.15, 0.2) is 0 Å². The molecule has 5 heteroatoms. The first-order valence-corrected chi connectivity index (χ1v) is 6.92. The third kappa shape index (κ3) is 2.76. The molecule has 0 aromatic heterocycles. The summed E-state index contributed by atoms with van der Waals surface area (Å²) in [7, 11) is 0. The number of carboxylic acid groups (broad SMARTS) is 1. The first-order chi connectivity index (χ1) is 8.75. The number of piperidine rings is 1. The number of carbonyl (C=O) groups is 2. The van der Waals surface area contributed by atoms with Gasteiger partial charge in [-0.05, 0) is 58.5 Å². The Labute approximate surface area is 113 Å². The molecule has 1 spiro atoms. The highest BCUT2D eigenvalue weighted by molar-refractivity contribution is 5.84. The van der Waals surface area contributed by atoms with Gasteiger partial charge in [0, 0.05) is 0 Å². The molecule has 2 rings (SSSR count). The lowest BCUT2D eigenvalue weighted by molar-refractivity contribution is -0.192. The van der Waals surface area contributed by atoms with E-state index in [2.05, 4.69) is 5.32 Å². The van der Waals surface area contributed by atoms with Crippen molar-refractivity contribution in [2.75, 3.05) is 13.1 Å². The smallest absolute Gasteiger partial charge is 0.310 e. The third-order valence-corrected chi connectivity index (χ3v) is 4.27. The van der Waals surface area contributed by atoms with Crippen molar-refractivity contribution in [1.82, 2.24) is 5.32 Å². The van der Waals surface area contributed by atoms with Crippen LogP contribution in [0, 0.1) is 17.3 Å². The van der Waals surface area contributed by atoms with Gasteiger partial charge >= 0.3 is 11.9 Å². The van der Waals surface area contributed by atoms with E-state index >= 15 is 0 Å². The Morgan fingerprint density at radius 3 is 2.32 bits per heavy atom. The van der Waals surface area contributed by atoms with Gasteiger partial charge in [-0.1, -0.05) is 0 Å². The van der Waals surface area contributed by atoms with E-state index < -0.39 is 23.4 Å². The predicted octanol–water partition coefficient (Wildman–Crippen LogP) is 1.42. The SMILES string of the molecule is CC(C)(C)OC(=O)C1C(C(=O)O)CC12CCNCC2. The molecule has 19 heavy (non-hydrogen) atoms. The van der Waals surface area contributed by atoms with Crippen LogP contribution in [-0.2, 0) is 14.3 Å². The van der Waals surface area contributed by atoms with Gasteiger partial charge in [-0.2, -0.15) is 0 Å². The topological polar surface area (TPSA) is 75.6 Å². The van der Waals surface area contributed by atoms with Gasteiger partial charge in [-0.3, -0.25) is 9.59 Å². The monoisotopic (exact) mass is 269 g/mol. The van der Waals surface area contributed by atoms with E-state index in [1.807, 2.05) is 20.8 Å². The number of carboxylic acids is 1. The first-order valence-electron chi connectivity index (χ1n) is 6.92. The molecule has 0 radical (unpaired) electrons. The molecule has 2 N–H and O–H groups in total. The lowest BCUT2D eigenvalue weighted by Crippen LogP contribution is -2.59. The second kappa shape index (κ2) is 4.78. The van der Waals surface area contributed by atoms with Gasteiger partial charge in [-0.15, -0.1) is 0 Å². The Balaban J connectivity index is 2.15. The van der Waals surface area contributed by atoms with Crippen LogP contribution in [0.3, 0.4) is 0 Å². The van der Waals surface area contributed by atoms with Gasteiger partial charge < -0.3 is 15.2 Å². The second-order valence-electron chi connectivity index (χ2n) is 6.77. The maximum Gasteiger partial charge on any atom is 0.310 e. The Kier molecular flexibility index (Phi) is 3.60. The van der Waals surface area contributed by atoms with E-state index in [1.54, 1.807) is 0 Å². The summed E-state index contributed by atoms with van der Waals surface area (Å²) in [6, 6.07) is 0. The number of hydrogen-bond donors (Lipinski definition) is 2. The molecule has 1 heterocycles. The van der Waals surface area contributed by atoms with Crippen LogP contribution in [0.4, 0.5) is 0 Å². The summed E-state index contributed by atoms with van der Waals surface area (Å²) in [4.78, 5) is 23.6. The number of aliphatic carboxylic acids is 1. The zero-order chi connectivity index (χ0) is 14.3. The van der Waals surface area contributed by atoms with Crippen LogP contribution in [0.15, 0.2) is 0 Å². The normalized spacial score (nSPS) is 29.6. The molecule has 2 atom stereocenters. The molecule has 1 saturated carbocycles. The summed E-state index contributed by atoms with van der Waals surface area (Å²) in [6.07, 6.45) is 2.33. The number of hydrogen-bond acceptors (Lipinski definition) is 4. The summed E-state index contributed by atoms with van der Waals surface area (Å²) >= 11 is 0. The van der Waals surface area contributed by atoms with Crippen LogP contribution in [-0.4, -0.2) is 35.7 Å². The summed E-state index contributed by atoms with van der Waals surface area (Å²) in [5, 5.41) is 12.5. The first kappa shape index (κ1) is 14.3. The summed E-state index contributed by atoms with van der Waals surface area (Å²) in [5.74, 6) is -2.27. The molecule has 0 aromatic carbocycles.